The predicted molar refractivity (Wildman–Crippen MR) is 107 cm³/mol. The predicted octanol–water partition coefficient (Wildman–Crippen LogP) is 0.708. The summed E-state index contributed by atoms with van der Waals surface area (Å²) in [5, 5.41) is 19.9. The van der Waals surface area contributed by atoms with Crippen LogP contribution in [0.1, 0.15) is 22.0 Å². The molecule has 1 amide bonds. The molecule has 156 valence electrons. The minimum absolute atomic E-state index is 0.0171. The quantitative estimate of drug-likeness (QED) is 0.733. The Morgan fingerprint density at radius 1 is 1.10 bits per heavy atom. The number of amides is 1. The van der Waals surface area contributed by atoms with E-state index in [0.29, 0.717) is 43.7 Å². The first kappa shape index (κ1) is 20.8. The molecular weight excluding hydrogens is 376 g/mol. The number of hydrogen-bond acceptors (Lipinski definition) is 5. The van der Waals surface area contributed by atoms with Gasteiger partial charge in [-0.05, 0) is 18.2 Å². The molecule has 2 heterocycles. The van der Waals surface area contributed by atoms with Crippen LogP contribution in [0.3, 0.4) is 0 Å². The van der Waals surface area contributed by atoms with Crippen LogP contribution in [0, 0.1) is 0 Å². The first-order valence-electron chi connectivity index (χ1n) is 9.40. The lowest BCUT2D eigenvalue weighted by molar-refractivity contribution is -0.145. The van der Waals surface area contributed by atoms with E-state index in [1.165, 1.54) is 12.1 Å². The molecule has 0 spiro atoms. The van der Waals surface area contributed by atoms with Crippen LogP contribution in [0.2, 0.25) is 0 Å². The van der Waals surface area contributed by atoms with E-state index in [0.717, 1.165) is 5.52 Å². The van der Waals surface area contributed by atoms with Gasteiger partial charge in [0.1, 0.15) is 6.04 Å². The number of likely N-dealkylation sites (N-methyl/N-ethyl adjacent to an activating group) is 1. The molecule has 1 aromatic heterocycles. The number of benzene rings is 1. The van der Waals surface area contributed by atoms with Crippen molar-refractivity contribution in [1.82, 2.24) is 19.3 Å². The first-order valence-corrected chi connectivity index (χ1v) is 9.40. The Morgan fingerprint density at radius 2 is 1.76 bits per heavy atom. The summed E-state index contributed by atoms with van der Waals surface area (Å²) in [4.78, 5) is 40.9. The van der Waals surface area contributed by atoms with Gasteiger partial charge in [-0.2, -0.15) is 0 Å². The van der Waals surface area contributed by atoms with Crippen molar-refractivity contribution in [3.63, 3.8) is 0 Å². The minimum Gasteiger partial charge on any atom is -0.480 e. The van der Waals surface area contributed by atoms with Gasteiger partial charge in [0, 0.05) is 70.0 Å². The number of aryl methyl sites for hydroxylation is 1. The number of hydrogen-bond donors (Lipinski definition) is 2. The Kier molecular flexibility index (Phi) is 5.90. The van der Waals surface area contributed by atoms with Crippen molar-refractivity contribution in [3.8, 4) is 0 Å². The van der Waals surface area contributed by atoms with E-state index >= 15 is 0 Å². The Balaban J connectivity index is 1.86. The van der Waals surface area contributed by atoms with Crippen LogP contribution >= 0.6 is 0 Å². The number of nitrogens with zero attached hydrogens (tertiary/aromatic N) is 4. The lowest BCUT2D eigenvalue weighted by Crippen LogP contribution is -2.51. The van der Waals surface area contributed by atoms with Gasteiger partial charge < -0.3 is 19.7 Å². The van der Waals surface area contributed by atoms with Gasteiger partial charge in [-0.3, -0.25) is 19.4 Å². The van der Waals surface area contributed by atoms with Gasteiger partial charge in [-0.25, -0.2) is 4.79 Å². The maximum Gasteiger partial charge on any atom is 0.335 e. The summed E-state index contributed by atoms with van der Waals surface area (Å²) >= 11 is 0. The topological polar surface area (TPSA) is 106 Å². The molecule has 29 heavy (non-hydrogen) atoms. The van der Waals surface area contributed by atoms with Crippen molar-refractivity contribution in [2.45, 2.75) is 6.04 Å². The molecule has 1 aromatic carbocycles. The van der Waals surface area contributed by atoms with Gasteiger partial charge in [-0.1, -0.05) is 0 Å². The van der Waals surface area contributed by atoms with Crippen LogP contribution in [0.5, 0.6) is 0 Å². The highest BCUT2D eigenvalue weighted by atomic mass is 16.4. The second kappa shape index (κ2) is 8.22. The van der Waals surface area contributed by atoms with Gasteiger partial charge in [0.2, 0.25) is 5.91 Å². The molecule has 0 bridgehead atoms. The van der Waals surface area contributed by atoms with Crippen LogP contribution < -0.4 is 0 Å². The lowest BCUT2D eigenvalue weighted by atomic mass is 10.0. The molecule has 1 fully saturated rings. The number of rotatable bonds is 6. The molecule has 0 aliphatic carbocycles. The molecule has 2 aromatic rings. The molecule has 1 atom stereocenters. The highest BCUT2D eigenvalue weighted by Crippen LogP contribution is 2.31. The molecule has 1 saturated heterocycles. The van der Waals surface area contributed by atoms with Crippen LogP contribution in [0.15, 0.2) is 24.4 Å². The number of carbonyl (C=O) groups is 3. The third-order valence-corrected chi connectivity index (χ3v) is 5.43. The maximum absolute atomic E-state index is 12.2. The number of carboxylic acid groups (broad SMARTS) is 2. The number of aromatic nitrogens is 1. The van der Waals surface area contributed by atoms with Crippen molar-refractivity contribution in [1.29, 1.82) is 0 Å². The molecule has 0 radical (unpaired) electrons. The van der Waals surface area contributed by atoms with E-state index in [4.69, 9.17) is 0 Å². The summed E-state index contributed by atoms with van der Waals surface area (Å²) in [6.07, 6.45) is 1.76. The largest absolute Gasteiger partial charge is 0.480 e. The van der Waals surface area contributed by atoms with Crippen molar-refractivity contribution in [3.05, 3.63) is 35.5 Å². The number of fused-ring (bicyclic) bond motifs is 1. The smallest absolute Gasteiger partial charge is 0.335 e. The Bertz CT molecular complexity index is 944. The average Bonchev–Trinajstić information content (AvgIpc) is 2.98. The van der Waals surface area contributed by atoms with Crippen LogP contribution in [-0.2, 0) is 16.6 Å². The van der Waals surface area contributed by atoms with E-state index in [9.17, 15) is 24.6 Å². The number of aromatic carboxylic acids is 1. The normalized spacial score (nSPS) is 16.7. The Hall–Kier alpha value is -2.91. The van der Waals surface area contributed by atoms with Crippen LogP contribution in [-0.4, -0.2) is 94.1 Å². The molecule has 1 aliphatic rings. The number of piperazine rings is 1. The van der Waals surface area contributed by atoms with Gasteiger partial charge in [-0.15, -0.1) is 0 Å². The minimum atomic E-state index is -1.05. The van der Waals surface area contributed by atoms with E-state index in [2.05, 4.69) is 0 Å². The maximum atomic E-state index is 12.2. The fraction of sp³-hybridized carbons (Fsp3) is 0.450. The van der Waals surface area contributed by atoms with E-state index in [1.54, 1.807) is 31.3 Å². The van der Waals surface area contributed by atoms with Crippen LogP contribution in [0.4, 0.5) is 0 Å². The third kappa shape index (κ3) is 4.25. The molecule has 1 aliphatic heterocycles. The zero-order valence-corrected chi connectivity index (χ0v) is 16.8. The molecule has 3 rings (SSSR count). The standard InChI is InChI=1S/C20H26N4O5/c1-21(2)17(25)12-23-6-8-24(9-7-23)18(20(28)29)15-11-22(3)16-5-4-13(19(26)27)10-14(15)16/h4-5,10-11,18H,6-9,12H2,1-3H3,(H,26,27)(H,28,29). The van der Waals surface area contributed by atoms with E-state index in [1.807, 2.05) is 21.4 Å². The zero-order valence-electron chi connectivity index (χ0n) is 16.8. The Morgan fingerprint density at radius 3 is 2.31 bits per heavy atom. The van der Waals surface area contributed by atoms with Crippen molar-refractivity contribution < 1.29 is 24.6 Å². The zero-order chi connectivity index (χ0) is 21.3. The molecule has 0 saturated carbocycles. The van der Waals surface area contributed by atoms with Gasteiger partial charge in [0.15, 0.2) is 0 Å². The fourth-order valence-electron chi connectivity index (χ4n) is 3.77. The van der Waals surface area contributed by atoms with Gasteiger partial charge in [0.05, 0.1) is 12.1 Å². The van der Waals surface area contributed by atoms with Gasteiger partial charge in [0.25, 0.3) is 0 Å². The van der Waals surface area contributed by atoms with Crippen molar-refractivity contribution >= 4 is 28.7 Å². The van der Waals surface area contributed by atoms with Gasteiger partial charge >= 0.3 is 11.9 Å². The first-order chi connectivity index (χ1) is 13.7. The number of carbonyl (C=O) groups excluding carboxylic acids is 1. The molecule has 9 heteroatoms. The summed E-state index contributed by atoms with van der Waals surface area (Å²) in [6.45, 7) is 2.51. The highest BCUT2D eigenvalue weighted by Gasteiger charge is 2.33. The van der Waals surface area contributed by atoms with Crippen LogP contribution in [0.25, 0.3) is 10.9 Å². The van der Waals surface area contributed by atoms with E-state index in [-0.39, 0.29) is 11.5 Å². The lowest BCUT2D eigenvalue weighted by Gasteiger charge is -2.37. The summed E-state index contributed by atoms with van der Waals surface area (Å²) in [7, 11) is 5.24. The van der Waals surface area contributed by atoms with Crippen molar-refractivity contribution in [2.24, 2.45) is 7.05 Å². The van der Waals surface area contributed by atoms with Crippen molar-refractivity contribution in [2.75, 3.05) is 46.8 Å². The number of carboxylic acids is 2. The SMILES string of the molecule is CN(C)C(=O)CN1CCN(C(C(=O)O)c2cn(C)c3ccc(C(=O)O)cc23)CC1. The molecule has 9 nitrogen and oxygen atoms in total. The number of aliphatic carboxylic acids is 1. The molecular formula is C20H26N4O5. The molecule has 2 N–H and O–H groups in total. The Labute approximate surface area is 168 Å². The summed E-state index contributed by atoms with van der Waals surface area (Å²) in [5.41, 5.74) is 1.49. The summed E-state index contributed by atoms with van der Waals surface area (Å²) < 4.78 is 1.82. The van der Waals surface area contributed by atoms with E-state index < -0.39 is 18.0 Å². The summed E-state index contributed by atoms with van der Waals surface area (Å²) in [6, 6.07) is 3.88. The monoisotopic (exact) mass is 402 g/mol. The second-order valence-electron chi connectivity index (χ2n) is 7.57. The summed E-state index contributed by atoms with van der Waals surface area (Å²) in [5.74, 6) is -2.01. The average molecular weight is 402 g/mol. The highest BCUT2D eigenvalue weighted by molar-refractivity contribution is 5.96. The fourth-order valence-corrected chi connectivity index (χ4v) is 3.77. The second-order valence-corrected chi connectivity index (χ2v) is 7.57. The third-order valence-electron chi connectivity index (χ3n) is 5.43. The molecule has 1 unspecified atom stereocenters.